The van der Waals surface area contributed by atoms with Gasteiger partial charge in [0.1, 0.15) is 11.2 Å². The average Bonchev–Trinajstić information content (AvgIpc) is 3.45. The lowest BCUT2D eigenvalue weighted by molar-refractivity contribution is -0.138. The van der Waals surface area contributed by atoms with Gasteiger partial charge in [0, 0.05) is 0 Å². The molecule has 7 nitrogen and oxygen atoms in total. The molecule has 7 heteroatoms. The highest BCUT2D eigenvalue weighted by atomic mass is 16.6. The second kappa shape index (κ2) is 6.84. The van der Waals surface area contributed by atoms with Crippen molar-refractivity contribution in [2.24, 2.45) is 27.5 Å². The monoisotopic (exact) mass is 378 g/mol. The molecule has 0 atom stereocenters. The lowest BCUT2D eigenvalue weighted by atomic mass is 10.2. The summed E-state index contributed by atoms with van der Waals surface area (Å²) in [5.41, 5.74) is 6.42. The Balaban J connectivity index is 1.58. The SMILES string of the molecule is CCOC(=O)C(C=NC(=O)OC(C)(C)C)=C(N)OCCC1C2(CC2)C12CC2. The summed E-state index contributed by atoms with van der Waals surface area (Å²) >= 11 is 0. The summed E-state index contributed by atoms with van der Waals surface area (Å²) < 4.78 is 15.7. The van der Waals surface area contributed by atoms with Crippen molar-refractivity contribution >= 4 is 18.3 Å². The Morgan fingerprint density at radius 1 is 1.15 bits per heavy atom. The number of fused-ring (bicyclic) bond motifs is 1. The summed E-state index contributed by atoms with van der Waals surface area (Å²) in [5.74, 6) is -0.0126. The molecule has 27 heavy (non-hydrogen) atoms. The molecule has 2 N–H and O–H groups in total. The molecule has 3 aliphatic rings. The first-order valence-corrected chi connectivity index (χ1v) is 9.72. The van der Waals surface area contributed by atoms with Crippen LogP contribution >= 0.6 is 0 Å². The van der Waals surface area contributed by atoms with E-state index in [0.29, 0.717) is 17.4 Å². The zero-order valence-electron chi connectivity index (χ0n) is 16.7. The number of nitrogens with two attached hydrogens (primary N) is 1. The first-order valence-electron chi connectivity index (χ1n) is 9.72. The molecule has 2 spiro atoms. The van der Waals surface area contributed by atoms with Gasteiger partial charge in [0.25, 0.3) is 0 Å². The zero-order valence-corrected chi connectivity index (χ0v) is 16.7. The fraction of sp³-hybridized carbons (Fsp3) is 0.750. The number of amides is 1. The van der Waals surface area contributed by atoms with Crippen LogP contribution in [0.3, 0.4) is 0 Å². The minimum atomic E-state index is -0.804. The molecule has 0 aliphatic heterocycles. The van der Waals surface area contributed by atoms with Gasteiger partial charge in [0.2, 0.25) is 5.88 Å². The largest absolute Gasteiger partial charge is 0.479 e. The van der Waals surface area contributed by atoms with E-state index < -0.39 is 17.7 Å². The maximum absolute atomic E-state index is 12.1. The number of rotatable bonds is 7. The van der Waals surface area contributed by atoms with Gasteiger partial charge in [0.05, 0.1) is 19.4 Å². The summed E-state index contributed by atoms with van der Waals surface area (Å²) in [6.45, 7) is 7.52. The predicted octanol–water partition coefficient (Wildman–Crippen LogP) is 3.32. The second-order valence-electron chi connectivity index (χ2n) is 8.74. The van der Waals surface area contributed by atoms with Crippen LogP contribution in [-0.2, 0) is 19.0 Å². The van der Waals surface area contributed by atoms with Crippen molar-refractivity contribution in [1.82, 2.24) is 0 Å². The molecule has 150 valence electrons. The van der Waals surface area contributed by atoms with E-state index in [1.165, 1.54) is 25.7 Å². The van der Waals surface area contributed by atoms with Crippen LogP contribution in [0, 0.1) is 16.7 Å². The number of nitrogens with zero attached hydrogens (tertiary/aromatic N) is 1. The standard InChI is InChI=1S/C20H30N2O5/c1-5-25-16(23)13(12-22-17(24)27-18(2,3)4)15(21)26-11-6-14-19(7-8-19)20(14)9-10-20/h12,14H,5-11,21H2,1-4H3. The van der Waals surface area contributed by atoms with Crippen LogP contribution in [0.25, 0.3) is 0 Å². The molecule has 1 amide bonds. The molecule has 0 radical (unpaired) electrons. The van der Waals surface area contributed by atoms with Crippen LogP contribution < -0.4 is 5.73 Å². The third-order valence-electron chi connectivity index (χ3n) is 5.94. The van der Waals surface area contributed by atoms with Gasteiger partial charge in [-0.1, -0.05) is 0 Å². The Labute approximate surface area is 160 Å². The quantitative estimate of drug-likeness (QED) is 0.316. The Morgan fingerprint density at radius 2 is 1.74 bits per heavy atom. The Morgan fingerprint density at radius 3 is 2.22 bits per heavy atom. The Bertz CT molecular complexity index is 663. The van der Waals surface area contributed by atoms with E-state index in [2.05, 4.69) is 4.99 Å². The van der Waals surface area contributed by atoms with Crippen LogP contribution in [0.2, 0.25) is 0 Å². The van der Waals surface area contributed by atoms with Gasteiger partial charge in [-0.25, -0.2) is 9.59 Å². The lowest BCUT2D eigenvalue weighted by Crippen LogP contribution is -2.22. The number of hydrogen-bond acceptors (Lipinski definition) is 6. The summed E-state index contributed by atoms with van der Waals surface area (Å²) in [6.07, 6.45) is 6.59. The van der Waals surface area contributed by atoms with Gasteiger partial charge in [-0.2, -0.15) is 4.99 Å². The predicted molar refractivity (Wildman–Crippen MR) is 100.0 cm³/mol. The van der Waals surface area contributed by atoms with Crippen LogP contribution in [0.15, 0.2) is 16.4 Å². The molecule has 0 aromatic heterocycles. The van der Waals surface area contributed by atoms with Crippen molar-refractivity contribution in [3.63, 3.8) is 0 Å². The third kappa shape index (κ3) is 3.96. The van der Waals surface area contributed by atoms with Gasteiger partial charge < -0.3 is 19.9 Å². The number of aliphatic imine (C=N–C) groups is 1. The summed E-state index contributed by atoms with van der Waals surface area (Å²) in [7, 11) is 0. The van der Waals surface area contributed by atoms with Crippen molar-refractivity contribution in [1.29, 1.82) is 0 Å². The fourth-order valence-corrected chi connectivity index (χ4v) is 4.55. The molecule has 3 fully saturated rings. The zero-order chi connectivity index (χ0) is 19.9. The maximum atomic E-state index is 12.1. The minimum absolute atomic E-state index is 0.0687. The number of esters is 1. The molecule has 3 rings (SSSR count). The van der Waals surface area contributed by atoms with E-state index in [1.54, 1.807) is 27.7 Å². The average molecular weight is 378 g/mol. The van der Waals surface area contributed by atoms with Gasteiger partial charge in [-0.3, -0.25) is 0 Å². The fourth-order valence-electron chi connectivity index (χ4n) is 4.55. The van der Waals surface area contributed by atoms with E-state index in [4.69, 9.17) is 19.9 Å². The summed E-state index contributed by atoms with van der Waals surface area (Å²) in [6, 6.07) is 0. The second-order valence-corrected chi connectivity index (χ2v) is 8.74. The van der Waals surface area contributed by atoms with Gasteiger partial charge in [-0.05, 0) is 76.5 Å². The highest BCUT2D eigenvalue weighted by Crippen LogP contribution is 2.93. The minimum Gasteiger partial charge on any atom is -0.479 e. The summed E-state index contributed by atoms with van der Waals surface area (Å²) in [5, 5.41) is 0. The highest BCUT2D eigenvalue weighted by molar-refractivity contribution is 6.11. The molecule has 0 aromatic rings. The molecular weight excluding hydrogens is 348 g/mol. The molecule has 3 aliphatic carbocycles. The van der Waals surface area contributed by atoms with Crippen molar-refractivity contribution < 1.29 is 23.8 Å². The topological polar surface area (TPSA) is 100 Å². The first-order chi connectivity index (χ1) is 12.7. The molecular formula is C20H30N2O5. The van der Waals surface area contributed by atoms with Crippen molar-refractivity contribution in [3.05, 3.63) is 11.5 Å². The molecule has 3 saturated carbocycles. The van der Waals surface area contributed by atoms with Gasteiger partial charge in [-0.15, -0.1) is 0 Å². The van der Waals surface area contributed by atoms with Gasteiger partial charge in [0.15, 0.2) is 0 Å². The molecule has 0 bridgehead atoms. The van der Waals surface area contributed by atoms with E-state index in [-0.39, 0.29) is 18.1 Å². The van der Waals surface area contributed by atoms with Crippen LogP contribution in [-0.4, -0.2) is 37.1 Å². The normalized spacial score (nSPS) is 24.5. The first kappa shape index (κ1) is 19.7. The summed E-state index contributed by atoms with van der Waals surface area (Å²) in [4.78, 5) is 27.5. The van der Waals surface area contributed by atoms with E-state index in [9.17, 15) is 9.59 Å². The third-order valence-corrected chi connectivity index (χ3v) is 5.94. The van der Waals surface area contributed by atoms with Crippen molar-refractivity contribution in [2.75, 3.05) is 13.2 Å². The van der Waals surface area contributed by atoms with Crippen LogP contribution in [0.5, 0.6) is 0 Å². The van der Waals surface area contributed by atoms with Gasteiger partial charge >= 0.3 is 12.1 Å². The van der Waals surface area contributed by atoms with E-state index >= 15 is 0 Å². The number of ether oxygens (including phenoxy) is 3. The van der Waals surface area contributed by atoms with Crippen LogP contribution in [0.4, 0.5) is 4.79 Å². The van der Waals surface area contributed by atoms with Crippen molar-refractivity contribution in [3.8, 4) is 0 Å². The smallest absolute Gasteiger partial charge is 0.434 e. The Kier molecular flexibility index (Phi) is 4.99. The molecule has 0 saturated heterocycles. The number of hydrogen-bond donors (Lipinski definition) is 1. The van der Waals surface area contributed by atoms with Crippen LogP contribution in [0.1, 0.15) is 59.8 Å². The molecule has 0 heterocycles. The molecule has 0 unspecified atom stereocenters. The van der Waals surface area contributed by atoms with Crippen molar-refractivity contribution in [2.45, 2.75) is 65.4 Å². The molecule has 0 aromatic carbocycles. The van der Waals surface area contributed by atoms with E-state index in [0.717, 1.165) is 18.6 Å². The Hall–Kier alpha value is -2.05. The number of carbonyl (C=O) groups excluding carboxylic acids is 2. The highest BCUT2D eigenvalue weighted by Gasteiger charge is 2.85. The maximum Gasteiger partial charge on any atom is 0.434 e. The van der Waals surface area contributed by atoms with E-state index in [1.807, 2.05) is 0 Å². The lowest BCUT2D eigenvalue weighted by Gasteiger charge is -2.17. The number of carbonyl (C=O) groups is 2.